The predicted octanol–water partition coefficient (Wildman–Crippen LogP) is 3.63. The van der Waals surface area contributed by atoms with E-state index in [1.54, 1.807) is 48.4 Å². The topological polar surface area (TPSA) is 87.1 Å². The third-order valence-electron chi connectivity index (χ3n) is 5.18. The van der Waals surface area contributed by atoms with E-state index in [1.807, 2.05) is 19.1 Å². The number of benzene rings is 2. The van der Waals surface area contributed by atoms with Crippen molar-refractivity contribution in [3.63, 3.8) is 0 Å². The fourth-order valence-corrected chi connectivity index (χ4v) is 3.85. The van der Waals surface area contributed by atoms with Crippen LogP contribution < -0.4 is 9.64 Å². The summed E-state index contributed by atoms with van der Waals surface area (Å²) >= 11 is 0. The summed E-state index contributed by atoms with van der Waals surface area (Å²) in [7, 11) is 1.56. The summed E-state index contributed by atoms with van der Waals surface area (Å²) in [6, 6.07) is 13.6. The Morgan fingerprint density at radius 2 is 1.66 bits per heavy atom. The number of aliphatic hydroxyl groups excluding tert-OH is 1. The van der Waals surface area contributed by atoms with Crippen molar-refractivity contribution in [2.45, 2.75) is 39.0 Å². The summed E-state index contributed by atoms with van der Waals surface area (Å²) in [6.45, 7) is 4.62. The number of hydrogen-bond donors (Lipinski definition) is 2. The number of aryl methyl sites for hydroxylation is 1. The second kappa shape index (κ2) is 7.72. The monoisotopic (exact) mass is 395 g/mol. The van der Waals surface area contributed by atoms with E-state index in [2.05, 4.69) is 0 Å². The minimum atomic E-state index is -2.02. The number of aliphatic hydroxyl groups is 2. The van der Waals surface area contributed by atoms with Crippen molar-refractivity contribution in [1.82, 2.24) is 0 Å². The molecular formula is C23H25NO5. The molecule has 0 radical (unpaired) electrons. The molecule has 0 aliphatic carbocycles. The van der Waals surface area contributed by atoms with Gasteiger partial charge in [-0.25, -0.2) is 0 Å². The molecule has 2 aromatic carbocycles. The van der Waals surface area contributed by atoms with E-state index in [4.69, 9.17) is 4.74 Å². The van der Waals surface area contributed by atoms with Gasteiger partial charge in [0.15, 0.2) is 11.5 Å². The number of nitrogens with zero attached hydrogens (tertiary/aromatic N) is 1. The van der Waals surface area contributed by atoms with Gasteiger partial charge in [0.05, 0.1) is 25.1 Å². The van der Waals surface area contributed by atoms with Crippen LogP contribution in [0.3, 0.4) is 0 Å². The van der Waals surface area contributed by atoms with Gasteiger partial charge in [0.2, 0.25) is 5.72 Å². The molecule has 2 unspecified atom stereocenters. The van der Waals surface area contributed by atoms with Crippen LogP contribution in [0.15, 0.2) is 59.9 Å². The maximum atomic E-state index is 12.5. The Morgan fingerprint density at radius 3 is 2.14 bits per heavy atom. The zero-order valence-corrected chi connectivity index (χ0v) is 17.0. The molecule has 3 rings (SSSR count). The number of Topliss-reactive ketones (excluding diaryl/α,β-unsaturated/α-hetero) is 2. The smallest absolute Gasteiger partial charge is 0.205 e. The predicted molar refractivity (Wildman–Crippen MR) is 110 cm³/mol. The number of hydrogen-bond acceptors (Lipinski definition) is 6. The highest BCUT2D eigenvalue weighted by Crippen LogP contribution is 2.49. The average molecular weight is 395 g/mol. The highest BCUT2D eigenvalue weighted by molar-refractivity contribution is 5.98. The number of rotatable bonds is 6. The van der Waals surface area contributed by atoms with Crippen molar-refractivity contribution in [2.24, 2.45) is 0 Å². The number of anilines is 1. The molecule has 1 aliphatic rings. The molecule has 1 aliphatic heterocycles. The van der Waals surface area contributed by atoms with E-state index in [0.717, 1.165) is 5.56 Å². The van der Waals surface area contributed by atoms with Gasteiger partial charge in [-0.05, 0) is 50.6 Å². The normalized spacial score (nSPS) is 21.4. The fraction of sp³-hybridized carbons (Fsp3) is 0.304. The lowest BCUT2D eigenvalue weighted by atomic mass is 9.96. The lowest BCUT2D eigenvalue weighted by Crippen LogP contribution is -2.49. The lowest BCUT2D eigenvalue weighted by molar-refractivity contribution is -0.121. The maximum absolute atomic E-state index is 12.5. The first kappa shape index (κ1) is 20.6. The summed E-state index contributed by atoms with van der Waals surface area (Å²) in [5.74, 6) is -0.527. The van der Waals surface area contributed by atoms with Gasteiger partial charge in [-0.1, -0.05) is 29.8 Å². The Balaban J connectivity index is 2.25. The molecule has 2 atom stereocenters. The van der Waals surface area contributed by atoms with Crippen molar-refractivity contribution in [2.75, 3.05) is 12.0 Å². The van der Waals surface area contributed by atoms with Crippen LogP contribution in [0.2, 0.25) is 0 Å². The number of methoxy groups -OCH3 is 1. The summed E-state index contributed by atoms with van der Waals surface area (Å²) in [4.78, 5) is 26.0. The fourth-order valence-electron chi connectivity index (χ4n) is 3.85. The van der Waals surface area contributed by atoms with Crippen LogP contribution in [0.1, 0.15) is 37.4 Å². The lowest BCUT2D eigenvalue weighted by Gasteiger charge is -2.39. The zero-order chi connectivity index (χ0) is 21.3. The van der Waals surface area contributed by atoms with Gasteiger partial charge >= 0.3 is 0 Å². The Kier molecular flexibility index (Phi) is 5.48. The average Bonchev–Trinajstić information content (AvgIpc) is 2.89. The van der Waals surface area contributed by atoms with Gasteiger partial charge in [-0.2, -0.15) is 0 Å². The van der Waals surface area contributed by atoms with Crippen LogP contribution in [0.25, 0.3) is 0 Å². The third kappa shape index (κ3) is 3.63. The molecule has 152 valence electrons. The van der Waals surface area contributed by atoms with Gasteiger partial charge in [0.25, 0.3) is 0 Å². The summed E-state index contributed by atoms with van der Waals surface area (Å²) in [5.41, 5.74) is 0.338. The SMILES string of the molecule is COc1ccc(C2C(C(C)=O)=C(O)C(O)(CC(C)=O)N2c2ccc(C)cc2)cc1. The molecule has 0 fully saturated rings. The maximum Gasteiger partial charge on any atom is 0.205 e. The highest BCUT2D eigenvalue weighted by Gasteiger charge is 2.54. The molecule has 0 amide bonds. The molecule has 6 nitrogen and oxygen atoms in total. The van der Waals surface area contributed by atoms with Crippen LogP contribution in [0.4, 0.5) is 5.69 Å². The first-order chi connectivity index (χ1) is 13.7. The van der Waals surface area contributed by atoms with Crippen molar-refractivity contribution in [1.29, 1.82) is 0 Å². The molecule has 0 bridgehead atoms. The number of ketones is 2. The van der Waals surface area contributed by atoms with Crippen molar-refractivity contribution in [3.8, 4) is 5.75 Å². The van der Waals surface area contributed by atoms with E-state index < -0.39 is 17.5 Å². The molecule has 6 heteroatoms. The number of carbonyl (C=O) groups is 2. The van der Waals surface area contributed by atoms with Crippen LogP contribution in [0, 0.1) is 6.92 Å². The van der Waals surface area contributed by atoms with Gasteiger partial charge < -0.3 is 19.8 Å². The molecule has 2 N–H and O–H groups in total. The van der Waals surface area contributed by atoms with Gasteiger partial charge in [0, 0.05) is 5.69 Å². The molecule has 29 heavy (non-hydrogen) atoms. The van der Waals surface area contributed by atoms with Gasteiger partial charge in [0.1, 0.15) is 11.5 Å². The second-order valence-electron chi connectivity index (χ2n) is 7.40. The van der Waals surface area contributed by atoms with E-state index in [-0.39, 0.29) is 23.6 Å². The summed E-state index contributed by atoms with van der Waals surface area (Å²) in [6.07, 6.45) is -0.351. The molecule has 0 saturated heterocycles. The van der Waals surface area contributed by atoms with Crippen LogP contribution in [0.5, 0.6) is 5.75 Å². The minimum absolute atomic E-state index is 0.0690. The van der Waals surface area contributed by atoms with Crippen molar-refractivity contribution >= 4 is 17.3 Å². The summed E-state index contributed by atoms with van der Waals surface area (Å²) < 4.78 is 5.21. The van der Waals surface area contributed by atoms with Crippen LogP contribution in [-0.2, 0) is 9.59 Å². The third-order valence-corrected chi connectivity index (χ3v) is 5.18. The minimum Gasteiger partial charge on any atom is -0.507 e. The van der Waals surface area contributed by atoms with Gasteiger partial charge in [-0.3, -0.25) is 9.59 Å². The zero-order valence-electron chi connectivity index (χ0n) is 17.0. The molecule has 2 aromatic rings. The van der Waals surface area contributed by atoms with Crippen LogP contribution in [-0.4, -0.2) is 34.6 Å². The first-order valence-electron chi connectivity index (χ1n) is 9.35. The van der Waals surface area contributed by atoms with E-state index >= 15 is 0 Å². The standard InChI is InChI=1S/C23H25NO5/c1-14-5-9-18(10-6-14)24-21(17-7-11-19(29-4)12-8-17)20(16(3)26)22(27)23(24,28)13-15(2)25/h5-12,21,27-28H,13H2,1-4H3. The Bertz CT molecular complexity index is 962. The quantitative estimate of drug-likeness (QED) is 0.777. The second-order valence-corrected chi connectivity index (χ2v) is 7.40. The van der Waals surface area contributed by atoms with E-state index in [1.165, 1.54) is 13.8 Å². The molecule has 1 heterocycles. The van der Waals surface area contributed by atoms with E-state index in [0.29, 0.717) is 17.0 Å². The Labute approximate surface area is 170 Å². The van der Waals surface area contributed by atoms with Crippen LogP contribution >= 0.6 is 0 Å². The number of carbonyl (C=O) groups excluding carboxylic acids is 2. The van der Waals surface area contributed by atoms with Gasteiger partial charge in [-0.15, -0.1) is 0 Å². The molecular weight excluding hydrogens is 370 g/mol. The van der Waals surface area contributed by atoms with E-state index in [9.17, 15) is 19.8 Å². The first-order valence-corrected chi connectivity index (χ1v) is 9.35. The van der Waals surface area contributed by atoms with Crippen molar-refractivity contribution in [3.05, 3.63) is 71.0 Å². The largest absolute Gasteiger partial charge is 0.507 e. The number of ether oxygens (including phenoxy) is 1. The molecule has 0 aromatic heterocycles. The Hall–Kier alpha value is -3.12. The molecule has 0 spiro atoms. The van der Waals surface area contributed by atoms with Crippen molar-refractivity contribution < 1.29 is 24.5 Å². The molecule has 0 saturated carbocycles. The Morgan fingerprint density at radius 1 is 1.07 bits per heavy atom. The highest BCUT2D eigenvalue weighted by atomic mass is 16.5. The summed E-state index contributed by atoms with van der Waals surface area (Å²) in [5, 5.41) is 22.4.